The zero-order valence-electron chi connectivity index (χ0n) is 8.83. The summed E-state index contributed by atoms with van der Waals surface area (Å²) in [4.78, 5) is 0. The lowest BCUT2D eigenvalue weighted by Gasteiger charge is -2.14. The maximum absolute atomic E-state index is 11.9. The van der Waals surface area contributed by atoms with Crippen molar-refractivity contribution in [1.82, 2.24) is 15.1 Å². The number of hydrogen-bond donors (Lipinski definition) is 2. The summed E-state index contributed by atoms with van der Waals surface area (Å²) in [6.45, 7) is 2.37. The highest BCUT2D eigenvalue weighted by Gasteiger charge is 2.37. The van der Waals surface area contributed by atoms with Crippen LogP contribution in [-0.2, 0) is 13.1 Å². The van der Waals surface area contributed by atoms with Crippen molar-refractivity contribution < 1.29 is 18.3 Å². The molecule has 7 heteroatoms. The molecule has 0 spiro atoms. The monoisotopic (exact) mass is 237 g/mol. The summed E-state index contributed by atoms with van der Waals surface area (Å²) >= 11 is 0. The summed E-state index contributed by atoms with van der Waals surface area (Å²) in [7, 11) is 0. The molecule has 1 aromatic heterocycles. The van der Waals surface area contributed by atoms with Gasteiger partial charge in [-0.2, -0.15) is 18.3 Å². The molecule has 0 amide bonds. The zero-order chi connectivity index (χ0) is 12.2. The topological polar surface area (TPSA) is 50.1 Å². The highest BCUT2D eigenvalue weighted by molar-refractivity contribution is 5.03. The van der Waals surface area contributed by atoms with Gasteiger partial charge in [-0.15, -0.1) is 0 Å². The van der Waals surface area contributed by atoms with Crippen LogP contribution in [-0.4, -0.2) is 33.7 Å². The normalized spacial score (nSPS) is 14.1. The van der Waals surface area contributed by atoms with Gasteiger partial charge in [0.1, 0.15) is 0 Å². The van der Waals surface area contributed by atoms with Crippen LogP contribution in [0.5, 0.6) is 0 Å². The molecule has 0 bridgehead atoms. The Hall–Kier alpha value is -1.08. The number of nitrogens with zero attached hydrogens (tertiary/aromatic N) is 2. The van der Waals surface area contributed by atoms with E-state index in [2.05, 4.69) is 10.4 Å². The van der Waals surface area contributed by atoms with Gasteiger partial charge in [-0.1, -0.05) is 0 Å². The molecule has 0 fully saturated rings. The molecule has 0 saturated heterocycles. The summed E-state index contributed by atoms with van der Waals surface area (Å²) in [5.41, 5.74) is 0.788. The molecule has 0 aromatic carbocycles. The molecule has 0 radical (unpaired) electrons. The van der Waals surface area contributed by atoms with E-state index in [4.69, 9.17) is 5.11 Å². The van der Waals surface area contributed by atoms with E-state index in [0.29, 0.717) is 6.54 Å². The number of hydrogen-bond acceptors (Lipinski definition) is 3. The average Bonchev–Trinajstić information content (AvgIpc) is 2.64. The molecule has 0 aliphatic heterocycles. The highest BCUT2D eigenvalue weighted by atomic mass is 19.4. The van der Waals surface area contributed by atoms with Gasteiger partial charge in [0.2, 0.25) is 0 Å². The lowest BCUT2D eigenvalue weighted by molar-refractivity contribution is -0.201. The summed E-state index contributed by atoms with van der Waals surface area (Å²) in [5, 5.41) is 15.2. The van der Waals surface area contributed by atoms with Gasteiger partial charge in [-0.25, -0.2) is 0 Å². The second-order valence-corrected chi connectivity index (χ2v) is 3.39. The van der Waals surface area contributed by atoms with Crippen molar-refractivity contribution in [1.29, 1.82) is 0 Å². The Kier molecular flexibility index (Phi) is 4.31. The van der Waals surface area contributed by atoms with Crippen molar-refractivity contribution in [2.24, 2.45) is 0 Å². The van der Waals surface area contributed by atoms with Gasteiger partial charge >= 0.3 is 6.18 Å². The van der Waals surface area contributed by atoms with Crippen molar-refractivity contribution >= 4 is 0 Å². The molecule has 2 N–H and O–H groups in total. The molecule has 1 atom stereocenters. The fraction of sp³-hybridized carbons (Fsp3) is 0.667. The minimum atomic E-state index is -4.57. The van der Waals surface area contributed by atoms with Crippen LogP contribution in [0, 0.1) is 0 Å². The Bertz CT molecular complexity index is 324. The number of halogens is 3. The van der Waals surface area contributed by atoms with E-state index in [0.717, 1.165) is 5.56 Å². The van der Waals surface area contributed by atoms with Gasteiger partial charge < -0.3 is 10.4 Å². The van der Waals surface area contributed by atoms with Crippen LogP contribution in [0.25, 0.3) is 0 Å². The quantitative estimate of drug-likeness (QED) is 0.800. The molecule has 0 aliphatic carbocycles. The molecule has 1 rings (SSSR count). The third-order valence-electron chi connectivity index (χ3n) is 2.06. The predicted molar refractivity (Wildman–Crippen MR) is 51.7 cm³/mol. The van der Waals surface area contributed by atoms with Crippen molar-refractivity contribution in [3.05, 3.63) is 18.0 Å². The predicted octanol–water partition coefficient (Wildman–Crippen LogP) is 0.916. The minimum absolute atomic E-state index is 0.257. The zero-order valence-corrected chi connectivity index (χ0v) is 8.83. The first-order valence-corrected chi connectivity index (χ1v) is 4.90. The third kappa shape index (κ3) is 3.82. The molecule has 4 nitrogen and oxygen atoms in total. The van der Waals surface area contributed by atoms with E-state index in [-0.39, 0.29) is 6.54 Å². The second-order valence-electron chi connectivity index (χ2n) is 3.39. The molecular weight excluding hydrogens is 223 g/mol. The largest absolute Gasteiger partial charge is 0.415 e. The summed E-state index contributed by atoms with van der Waals surface area (Å²) in [6.07, 6.45) is -3.57. The summed E-state index contributed by atoms with van der Waals surface area (Å²) in [6, 6.07) is 0. The minimum Gasteiger partial charge on any atom is -0.382 e. The van der Waals surface area contributed by atoms with E-state index in [1.54, 1.807) is 17.1 Å². The van der Waals surface area contributed by atoms with Gasteiger partial charge in [0.25, 0.3) is 0 Å². The first kappa shape index (κ1) is 13.0. The standard InChI is InChI=1S/C9H14F3N3O/c1-2-15-6-7(4-14-15)3-13-5-8(16)9(10,11)12/h4,6,8,13,16H,2-3,5H2,1H3. The maximum Gasteiger partial charge on any atom is 0.415 e. The van der Waals surface area contributed by atoms with Crippen molar-refractivity contribution in [2.75, 3.05) is 6.54 Å². The van der Waals surface area contributed by atoms with Crippen LogP contribution < -0.4 is 5.32 Å². The van der Waals surface area contributed by atoms with Crippen LogP contribution in [0.2, 0.25) is 0 Å². The number of aliphatic hydroxyl groups is 1. The Morgan fingerprint density at radius 1 is 1.56 bits per heavy atom. The fourth-order valence-corrected chi connectivity index (χ4v) is 1.14. The highest BCUT2D eigenvalue weighted by Crippen LogP contribution is 2.19. The number of rotatable bonds is 5. The van der Waals surface area contributed by atoms with Crippen molar-refractivity contribution in [3.63, 3.8) is 0 Å². The van der Waals surface area contributed by atoms with E-state index in [1.165, 1.54) is 0 Å². The van der Waals surface area contributed by atoms with Crippen LogP contribution in [0.4, 0.5) is 13.2 Å². The first-order chi connectivity index (χ1) is 7.43. The number of alkyl halides is 3. The van der Waals surface area contributed by atoms with Crippen LogP contribution >= 0.6 is 0 Å². The van der Waals surface area contributed by atoms with E-state index >= 15 is 0 Å². The first-order valence-electron chi connectivity index (χ1n) is 4.90. The number of aryl methyl sites for hydroxylation is 1. The Morgan fingerprint density at radius 3 is 2.75 bits per heavy atom. The fourth-order valence-electron chi connectivity index (χ4n) is 1.14. The van der Waals surface area contributed by atoms with Crippen LogP contribution in [0.3, 0.4) is 0 Å². The molecule has 1 aromatic rings. The van der Waals surface area contributed by atoms with Crippen LogP contribution in [0.15, 0.2) is 12.4 Å². The van der Waals surface area contributed by atoms with E-state index in [9.17, 15) is 13.2 Å². The molecule has 16 heavy (non-hydrogen) atoms. The number of aromatic nitrogens is 2. The van der Waals surface area contributed by atoms with Gasteiger partial charge in [0.15, 0.2) is 6.10 Å². The van der Waals surface area contributed by atoms with Crippen molar-refractivity contribution in [2.45, 2.75) is 32.3 Å². The van der Waals surface area contributed by atoms with Gasteiger partial charge in [-0.05, 0) is 6.92 Å². The van der Waals surface area contributed by atoms with E-state index in [1.807, 2.05) is 6.92 Å². The van der Waals surface area contributed by atoms with Gasteiger partial charge in [-0.3, -0.25) is 4.68 Å². The van der Waals surface area contributed by atoms with E-state index < -0.39 is 18.8 Å². The third-order valence-corrected chi connectivity index (χ3v) is 2.06. The molecule has 1 unspecified atom stereocenters. The average molecular weight is 237 g/mol. The Balaban J connectivity index is 2.30. The number of nitrogens with one attached hydrogen (secondary N) is 1. The maximum atomic E-state index is 11.9. The molecule has 0 aliphatic rings. The molecule has 1 heterocycles. The Morgan fingerprint density at radius 2 is 2.25 bits per heavy atom. The van der Waals surface area contributed by atoms with Crippen LogP contribution in [0.1, 0.15) is 12.5 Å². The SMILES string of the molecule is CCn1cc(CNCC(O)C(F)(F)F)cn1. The smallest absolute Gasteiger partial charge is 0.382 e. The number of aliphatic hydroxyl groups excluding tert-OH is 1. The van der Waals surface area contributed by atoms with Gasteiger partial charge in [0.05, 0.1) is 6.20 Å². The lowest BCUT2D eigenvalue weighted by Crippen LogP contribution is -2.38. The lowest BCUT2D eigenvalue weighted by atomic mass is 10.3. The molecule has 0 saturated carbocycles. The van der Waals surface area contributed by atoms with Crippen molar-refractivity contribution in [3.8, 4) is 0 Å². The summed E-state index contributed by atoms with van der Waals surface area (Å²) in [5.74, 6) is 0. The van der Waals surface area contributed by atoms with Gasteiger partial charge in [0, 0.05) is 31.4 Å². The second kappa shape index (κ2) is 5.31. The Labute approximate surface area is 91.1 Å². The summed E-state index contributed by atoms with van der Waals surface area (Å²) < 4.78 is 37.5. The molecular formula is C9H14F3N3O. The molecule has 92 valence electrons.